The third-order valence-corrected chi connectivity index (χ3v) is 4.46. The Morgan fingerprint density at radius 1 is 1.17 bits per heavy atom. The Kier molecular flexibility index (Phi) is 6.29. The molecule has 0 fully saturated rings. The number of nitrogens with one attached hydrogen (secondary N) is 2. The van der Waals surface area contributed by atoms with Gasteiger partial charge < -0.3 is 15.4 Å². The molecule has 0 radical (unpaired) electrons. The number of rotatable bonds is 7. The summed E-state index contributed by atoms with van der Waals surface area (Å²) in [5.74, 6) is 0.729. The number of ether oxygens (including phenoxy) is 1. The van der Waals surface area contributed by atoms with Gasteiger partial charge in [0.1, 0.15) is 5.75 Å². The third kappa shape index (κ3) is 5.01. The topological polar surface area (TPSA) is 85.2 Å². The molecule has 1 heterocycles. The van der Waals surface area contributed by atoms with E-state index in [2.05, 4.69) is 15.7 Å². The summed E-state index contributed by atoms with van der Waals surface area (Å²) in [7, 11) is 1.57. The van der Waals surface area contributed by atoms with Crippen LogP contribution in [0.3, 0.4) is 0 Å². The zero-order chi connectivity index (χ0) is 20.8. The SMILES string of the molecule is CC[C@@H](C)NC(=O)c1cccc(Nc2c(Oc3ccccc3)cnn(C)c2=O)c1. The van der Waals surface area contributed by atoms with E-state index in [1.54, 1.807) is 43.4 Å². The van der Waals surface area contributed by atoms with Gasteiger partial charge >= 0.3 is 0 Å². The maximum Gasteiger partial charge on any atom is 0.294 e. The number of benzene rings is 2. The molecule has 7 nitrogen and oxygen atoms in total. The highest BCUT2D eigenvalue weighted by Gasteiger charge is 2.14. The maximum absolute atomic E-state index is 12.7. The van der Waals surface area contributed by atoms with Crippen LogP contribution in [-0.2, 0) is 7.05 Å². The van der Waals surface area contributed by atoms with Gasteiger partial charge in [-0.15, -0.1) is 0 Å². The Hall–Kier alpha value is -3.61. The fourth-order valence-corrected chi connectivity index (χ4v) is 2.62. The molecule has 0 aliphatic rings. The lowest BCUT2D eigenvalue weighted by molar-refractivity contribution is 0.0939. The smallest absolute Gasteiger partial charge is 0.294 e. The van der Waals surface area contributed by atoms with E-state index in [1.165, 1.54) is 10.9 Å². The molecule has 0 aliphatic carbocycles. The van der Waals surface area contributed by atoms with E-state index in [1.807, 2.05) is 32.0 Å². The van der Waals surface area contributed by atoms with Crippen LogP contribution in [0.5, 0.6) is 11.5 Å². The average molecular weight is 392 g/mol. The molecule has 150 valence electrons. The number of hydrogen-bond acceptors (Lipinski definition) is 5. The van der Waals surface area contributed by atoms with Gasteiger partial charge in [-0.2, -0.15) is 5.10 Å². The van der Waals surface area contributed by atoms with Crippen molar-refractivity contribution in [2.24, 2.45) is 7.05 Å². The highest BCUT2D eigenvalue weighted by Crippen LogP contribution is 2.28. The van der Waals surface area contributed by atoms with Crippen molar-refractivity contribution in [3.8, 4) is 11.5 Å². The maximum atomic E-state index is 12.7. The Labute approximate surface area is 169 Å². The molecule has 0 unspecified atom stereocenters. The van der Waals surface area contributed by atoms with Gasteiger partial charge in [-0.1, -0.05) is 31.2 Å². The zero-order valence-corrected chi connectivity index (χ0v) is 16.7. The van der Waals surface area contributed by atoms with Crippen molar-refractivity contribution >= 4 is 17.3 Å². The second-order valence-corrected chi connectivity index (χ2v) is 6.72. The molecule has 1 aromatic heterocycles. The van der Waals surface area contributed by atoms with Gasteiger partial charge in [-0.05, 0) is 43.7 Å². The van der Waals surface area contributed by atoms with Crippen molar-refractivity contribution in [1.29, 1.82) is 0 Å². The van der Waals surface area contributed by atoms with Crippen LogP contribution in [-0.4, -0.2) is 21.7 Å². The first-order valence-electron chi connectivity index (χ1n) is 9.45. The molecule has 7 heteroatoms. The summed E-state index contributed by atoms with van der Waals surface area (Å²) in [6.45, 7) is 3.96. The predicted molar refractivity (Wildman–Crippen MR) is 113 cm³/mol. The quantitative estimate of drug-likeness (QED) is 0.638. The summed E-state index contributed by atoms with van der Waals surface area (Å²) >= 11 is 0. The molecule has 1 atom stereocenters. The van der Waals surface area contributed by atoms with E-state index in [9.17, 15) is 9.59 Å². The largest absolute Gasteiger partial charge is 0.453 e. The summed E-state index contributed by atoms with van der Waals surface area (Å²) in [4.78, 5) is 25.1. The first-order valence-corrected chi connectivity index (χ1v) is 9.45. The molecule has 2 N–H and O–H groups in total. The number of carbonyl (C=O) groups excluding carboxylic acids is 1. The van der Waals surface area contributed by atoms with Crippen molar-refractivity contribution in [1.82, 2.24) is 15.1 Å². The summed E-state index contributed by atoms with van der Waals surface area (Å²) < 4.78 is 7.07. The number of para-hydroxylation sites is 1. The number of aromatic nitrogens is 2. The van der Waals surface area contributed by atoms with Gasteiger partial charge in [0.05, 0.1) is 6.20 Å². The van der Waals surface area contributed by atoms with Crippen molar-refractivity contribution in [2.75, 3.05) is 5.32 Å². The fourth-order valence-electron chi connectivity index (χ4n) is 2.62. The lowest BCUT2D eigenvalue weighted by Gasteiger charge is -2.14. The van der Waals surface area contributed by atoms with E-state index < -0.39 is 0 Å². The van der Waals surface area contributed by atoms with Gasteiger partial charge in [0.15, 0.2) is 11.4 Å². The number of nitrogens with zero attached hydrogens (tertiary/aromatic N) is 2. The van der Waals surface area contributed by atoms with Crippen LogP contribution in [0.2, 0.25) is 0 Å². The number of hydrogen-bond donors (Lipinski definition) is 2. The monoisotopic (exact) mass is 392 g/mol. The van der Waals surface area contributed by atoms with Crippen LogP contribution in [0, 0.1) is 0 Å². The fraction of sp³-hybridized carbons (Fsp3) is 0.227. The van der Waals surface area contributed by atoms with E-state index in [0.29, 0.717) is 22.7 Å². The summed E-state index contributed by atoms with van der Waals surface area (Å²) in [5, 5.41) is 10.1. The van der Waals surface area contributed by atoms with Crippen molar-refractivity contribution in [3.63, 3.8) is 0 Å². The molecule has 0 spiro atoms. The lowest BCUT2D eigenvalue weighted by Crippen LogP contribution is -2.31. The first-order chi connectivity index (χ1) is 14.0. The van der Waals surface area contributed by atoms with E-state index >= 15 is 0 Å². The summed E-state index contributed by atoms with van der Waals surface area (Å²) in [5.41, 5.74) is 1.01. The van der Waals surface area contributed by atoms with Crippen LogP contribution in [0.25, 0.3) is 0 Å². The Morgan fingerprint density at radius 2 is 1.93 bits per heavy atom. The van der Waals surface area contributed by atoms with Crippen LogP contribution in [0.1, 0.15) is 30.6 Å². The van der Waals surface area contributed by atoms with Gasteiger partial charge in [0, 0.05) is 24.3 Å². The molecular formula is C22H24N4O3. The van der Waals surface area contributed by atoms with Crippen LogP contribution in [0.4, 0.5) is 11.4 Å². The molecule has 0 bridgehead atoms. The van der Waals surface area contributed by atoms with Gasteiger partial charge in [0.25, 0.3) is 11.5 Å². The normalized spacial score (nSPS) is 11.6. The average Bonchev–Trinajstić information content (AvgIpc) is 2.74. The number of aryl methyl sites for hydroxylation is 1. The van der Waals surface area contributed by atoms with E-state index in [0.717, 1.165) is 6.42 Å². The van der Waals surface area contributed by atoms with Gasteiger partial charge in [0.2, 0.25) is 0 Å². The second kappa shape index (κ2) is 9.05. The highest BCUT2D eigenvalue weighted by molar-refractivity contribution is 5.95. The molecule has 0 aliphatic heterocycles. The highest BCUT2D eigenvalue weighted by atomic mass is 16.5. The van der Waals surface area contributed by atoms with Crippen LogP contribution in [0.15, 0.2) is 65.6 Å². The molecule has 1 amide bonds. The second-order valence-electron chi connectivity index (χ2n) is 6.72. The summed E-state index contributed by atoms with van der Waals surface area (Å²) in [6, 6.07) is 16.2. The minimum atomic E-state index is -0.340. The Morgan fingerprint density at radius 3 is 2.66 bits per heavy atom. The lowest BCUT2D eigenvalue weighted by atomic mass is 10.1. The van der Waals surface area contributed by atoms with Gasteiger partial charge in [-0.25, -0.2) is 4.68 Å². The summed E-state index contributed by atoms with van der Waals surface area (Å²) in [6.07, 6.45) is 2.33. The molecule has 29 heavy (non-hydrogen) atoms. The standard InChI is InChI=1S/C22H24N4O3/c1-4-15(2)24-21(27)16-9-8-10-17(13-16)25-20-19(14-23-26(3)22(20)28)29-18-11-6-5-7-12-18/h5-15,25H,4H2,1-3H3,(H,24,27)/t15-/m1/s1. The van der Waals surface area contributed by atoms with Crippen LogP contribution < -0.4 is 20.9 Å². The predicted octanol–water partition coefficient (Wildman–Crippen LogP) is 3.84. The molecule has 3 rings (SSSR count). The Balaban J connectivity index is 1.90. The van der Waals surface area contributed by atoms with Crippen molar-refractivity contribution < 1.29 is 9.53 Å². The van der Waals surface area contributed by atoms with Crippen LogP contribution >= 0.6 is 0 Å². The van der Waals surface area contributed by atoms with Crippen molar-refractivity contribution in [2.45, 2.75) is 26.3 Å². The van der Waals surface area contributed by atoms with E-state index in [-0.39, 0.29) is 23.2 Å². The molecular weight excluding hydrogens is 368 g/mol. The third-order valence-electron chi connectivity index (χ3n) is 4.46. The number of carbonyl (C=O) groups is 1. The Bertz CT molecular complexity index is 1050. The minimum absolute atomic E-state index is 0.0810. The number of anilines is 2. The number of amides is 1. The van der Waals surface area contributed by atoms with Gasteiger partial charge in [-0.3, -0.25) is 9.59 Å². The zero-order valence-electron chi connectivity index (χ0n) is 16.7. The molecule has 0 saturated carbocycles. The molecule has 2 aromatic carbocycles. The minimum Gasteiger partial charge on any atom is -0.453 e. The van der Waals surface area contributed by atoms with Crippen molar-refractivity contribution in [3.05, 3.63) is 76.7 Å². The first kappa shape index (κ1) is 20.1. The molecule has 0 saturated heterocycles. The van der Waals surface area contributed by atoms with E-state index in [4.69, 9.17) is 4.74 Å². The molecule has 3 aromatic rings.